The molecular weight excluding hydrogens is 391 g/mol. The van der Waals surface area contributed by atoms with Crippen molar-refractivity contribution in [1.82, 2.24) is 15.5 Å². The summed E-state index contributed by atoms with van der Waals surface area (Å²) in [4.78, 5) is 18.5. The molecule has 1 unspecified atom stereocenters. The maximum Gasteiger partial charge on any atom is 0.225 e. The van der Waals surface area contributed by atoms with Gasteiger partial charge in [-0.3, -0.25) is 9.79 Å². The molecule has 1 aliphatic rings. The van der Waals surface area contributed by atoms with Gasteiger partial charge in [-0.25, -0.2) is 0 Å². The van der Waals surface area contributed by atoms with Crippen molar-refractivity contribution in [2.45, 2.75) is 46.6 Å². The van der Waals surface area contributed by atoms with Gasteiger partial charge in [0.1, 0.15) is 0 Å². The number of nitrogens with one attached hydrogen (secondary N) is 2. The fourth-order valence-corrected chi connectivity index (χ4v) is 2.37. The zero-order chi connectivity index (χ0) is 15.7. The van der Waals surface area contributed by atoms with Crippen LogP contribution in [0.1, 0.15) is 40.5 Å². The van der Waals surface area contributed by atoms with Crippen molar-refractivity contribution in [2.24, 2.45) is 10.9 Å². The van der Waals surface area contributed by atoms with Crippen LogP contribution in [0, 0.1) is 5.92 Å². The SMILES string of the molecule is C/C=C/CCN=C(NCC)NC1CCN(C(=O)C(C)C)C1.I. The van der Waals surface area contributed by atoms with E-state index in [1.54, 1.807) is 0 Å². The van der Waals surface area contributed by atoms with Gasteiger partial charge in [-0.1, -0.05) is 26.0 Å². The number of carbonyl (C=O) groups is 1. The first kappa shape index (κ1) is 21.2. The molecule has 0 aromatic carbocycles. The van der Waals surface area contributed by atoms with Gasteiger partial charge in [-0.15, -0.1) is 24.0 Å². The molecular formula is C16H31IN4O. The molecule has 5 nitrogen and oxygen atoms in total. The summed E-state index contributed by atoms with van der Waals surface area (Å²) in [7, 11) is 0. The van der Waals surface area contributed by atoms with E-state index in [9.17, 15) is 4.79 Å². The van der Waals surface area contributed by atoms with Crippen LogP contribution < -0.4 is 10.6 Å². The molecule has 0 saturated carbocycles. The van der Waals surface area contributed by atoms with E-state index < -0.39 is 0 Å². The standard InChI is InChI=1S/C16H30N4O.HI/c1-5-7-8-10-18-16(17-6-2)19-14-9-11-20(12-14)15(21)13(3)4;/h5,7,13-14H,6,8-12H2,1-4H3,(H2,17,18,19);1H/b7-5+;. The number of allylic oxidation sites excluding steroid dienone is 1. The topological polar surface area (TPSA) is 56.7 Å². The second-order valence-corrected chi connectivity index (χ2v) is 5.69. The average molecular weight is 422 g/mol. The second-order valence-electron chi connectivity index (χ2n) is 5.69. The Balaban J connectivity index is 0.00000441. The minimum absolute atomic E-state index is 0. The van der Waals surface area contributed by atoms with Crippen molar-refractivity contribution < 1.29 is 4.79 Å². The first-order valence-corrected chi connectivity index (χ1v) is 8.03. The number of likely N-dealkylation sites (tertiary alicyclic amines) is 1. The molecule has 22 heavy (non-hydrogen) atoms. The third kappa shape index (κ3) is 7.47. The van der Waals surface area contributed by atoms with Crippen LogP contribution >= 0.6 is 24.0 Å². The lowest BCUT2D eigenvalue weighted by atomic mass is 10.2. The molecule has 0 aliphatic carbocycles. The Hall–Kier alpha value is -0.790. The molecule has 1 atom stereocenters. The van der Waals surface area contributed by atoms with E-state index in [0.717, 1.165) is 45.0 Å². The quantitative estimate of drug-likeness (QED) is 0.227. The highest BCUT2D eigenvalue weighted by molar-refractivity contribution is 14.0. The van der Waals surface area contributed by atoms with Crippen molar-refractivity contribution in [3.8, 4) is 0 Å². The number of nitrogens with zero attached hydrogens (tertiary/aromatic N) is 2. The Labute approximate surface area is 152 Å². The number of halogens is 1. The second kappa shape index (κ2) is 11.7. The molecule has 1 aliphatic heterocycles. The van der Waals surface area contributed by atoms with Gasteiger partial charge in [0.15, 0.2) is 5.96 Å². The summed E-state index contributed by atoms with van der Waals surface area (Å²) in [5, 5.41) is 6.70. The monoisotopic (exact) mass is 422 g/mol. The van der Waals surface area contributed by atoms with Gasteiger partial charge in [-0.2, -0.15) is 0 Å². The van der Waals surface area contributed by atoms with Crippen molar-refractivity contribution >= 4 is 35.8 Å². The smallest absolute Gasteiger partial charge is 0.225 e. The van der Waals surface area contributed by atoms with Gasteiger partial charge in [-0.05, 0) is 26.7 Å². The first-order chi connectivity index (χ1) is 10.1. The molecule has 0 radical (unpaired) electrons. The van der Waals surface area contributed by atoms with Gasteiger partial charge >= 0.3 is 0 Å². The molecule has 6 heteroatoms. The predicted octanol–water partition coefficient (Wildman–Crippen LogP) is 2.38. The number of aliphatic imine (C=N–C) groups is 1. The average Bonchev–Trinajstić information content (AvgIpc) is 2.91. The summed E-state index contributed by atoms with van der Waals surface area (Å²) in [6.07, 6.45) is 6.10. The molecule has 0 aromatic heterocycles. The largest absolute Gasteiger partial charge is 0.357 e. The predicted molar refractivity (Wildman–Crippen MR) is 104 cm³/mol. The lowest BCUT2D eigenvalue weighted by molar-refractivity contribution is -0.133. The normalized spacial score (nSPS) is 18.7. The van der Waals surface area contributed by atoms with E-state index >= 15 is 0 Å². The Morgan fingerprint density at radius 1 is 1.45 bits per heavy atom. The highest BCUT2D eigenvalue weighted by atomic mass is 127. The molecule has 1 rings (SSSR count). The van der Waals surface area contributed by atoms with E-state index in [4.69, 9.17) is 0 Å². The summed E-state index contributed by atoms with van der Waals surface area (Å²) in [6.45, 7) is 11.2. The Morgan fingerprint density at radius 3 is 2.77 bits per heavy atom. The molecule has 1 fully saturated rings. The molecule has 128 valence electrons. The Kier molecular flexibility index (Phi) is 11.3. The molecule has 0 aromatic rings. The molecule has 0 bridgehead atoms. The third-order valence-corrected chi connectivity index (χ3v) is 3.48. The van der Waals surface area contributed by atoms with Crippen LogP contribution in [-0.4, -0.2) is 49.0 Å². The zero-order valence-electron chi connectivity index (χ0n) is 14.3. The van der Waals surface area contributed by atoms with E-state index in [0.29, 0.717) is 6.04 Å². The van der Waals surface area contributed by atoms with Crippen LogP contribution in [0.5, 0.6) is 0 Å². The van der Waals surface area contributed by atoms with Gasteiger partial charge in [0.25, 0.3) is 0 Å². The van der Waals surface area contributed by atoms with E-state index in [-0.39, 0.29) is 35.8 Å². The van der Waals surface area contributed by atoms with Gasteiger partial charge in [0.2, 0.25) is 5.91 Å². The lowest BCUT2D eigenvalue weighted by Crippen LogP contribution is -2.45. The number of hydrogen-bond donors (Lipinski definition) is 2. The maximum atomic E-state index is 12.0. The van der Waals surface area contributed by atoms with Crippen molar-refractivity contribution in [1.29, 1.82) is 0 Å². The fourth-order valence-electron chi connectivity index (χ4n) is 2.37. The van der Waals surface area contributed by atoms with Crippen LogP contribution in [0.2, 0.25) is 0 Å². The highest BCUT2D eigenvalue weighted by Crippen LogP contribution is 2.12. The van der Waals surface area contributed by atoms with Crippen LogP contribution in [0.15, 0.2) is 17.1 Å². The molecule has 2 N–H and O–H groups in total. The van der Waals surface area contributed by atoms with Crippen molar-refractivity contribution in [3.63, 3.8) is 0 Å². The summed E-state index contributed by atoms with van der Waals surface area (Å²) >= 11 is 0. The highest BCUT2D eigenvalue weighted by Gasteiger charge is 2.27. The number of amides is 1. The Morgan fingerprint density at radius 2 is 2.18 bits per heavy atom. The Bertz CT molecular complexity index is 382. The number of carbonyl (C=O) groups excluding carboxylic acids is 1. The van der Waals surface area contributed by atoms with E-state index in [1.165, 1.54) is 0 Å². The minimum Gasteiger partial charge on any atom is -0.357 e. The maximum absolute atomic E-state index is 12.0. The minimum atomic E-state index is 0. The number of hydrogen-bond acceptors (Lipinski definition) is 2. The third-order valence-electron chi connectivity index (χ3n) is 3.48. The summed E-state index contributed by atoms with van der Waals surface area (Å²) in [5.41, 5.74) is 0. The molecule has 1 heterocycles. The number of guanidine groups is 1. The van der Waals surface area contributed by atoms with Crippen LogP contribution in [0.3, 0.4) is 0 Å². The summed E-state index contributed by atoms with van der Waals surface area (Å²) < 4.78 is 0. The van der Waals surface area contributed by atoms with E-state index in [1.807, 2.05) is 31.7 Å². The fraction of sp³-hybridized carbons (Fsp3) is 0.750. The van der Waals surface area contributed by atoms with Crippen LogP contribution in [0.4, 0.5) is 0 Å². The van der Waals surface area contributed by atoms with Gasteiger partial charge in [0.05, 0.1) is 0 Å². The lowest BCUT2D eigenvalue weighted by Gasteiger charge is -2.20. The van der Waals surface area contributed by atoms with Crippen molar-refractivity contribution in [2.75, 3.05) is 26.2 Å². The molecule has 1 amide bonds. The summed E-state index contributed by atoms with van der Waals surface area (Å²) in [6, 6.07) is 0.298. The van der Waals surface area contributed by atoms with Gasteiger partial charge < -0.3 is 15.5 Å². The number of rotatable bonds is 6. The van der Waals surface area contributed by atoms with Crippen LogP contribution in [-0.2, 0) is 4.79 Å². The summed E-state index contributed by atoms with van der Waals surface area (Å²) in [5.74, 6) is 1.17. The van der Waals surface area contributed by atoms with E-state index in [2.05, 4.69) is 28.6 Å². The first-order valence-electron chi connectivity index (χ1n) is 8.03. The van der Waals surface area contributed by atoms with Crippen LogP contribution in [0.25, 0.3) is 0 Å². The molecule has 1 saturated heterocycles. The molecule has 0 spiro atoms. The van der Waals surface area contributed by atoms with Gasteiger partial charge in [0, 0.05) is 38.1 Å². The van der Waals surface area contributed by atoms with Crippen molar-refractivity contribution in [3.05, 3.63) is 12.2 Å². The zero-order valence-corrected chi connectivity index (χ0v) is 16.6.